The number of ether oxygens (including phenoxy) is 2. The van der Waals surface area contributed by atoms with Gasteiger partial charge in [-0.3, -0.25) is 13.8 Å². The van der Waals surface area contributed by atoms with Gasteiger partial charge < -0.3 is 20.1 Å². The predicted octanol–water partition coefficient (Wildman–Crippen LogP) is 11.1. The molecule has 0 saturated carbocycles. The van der Waals surface area contributed by atoms with Gasteiger partial charge in [0.15, 0.2) is 0 Å². The van der Waals surface area contributed by atoms with E-state index in [-0.39, 0.29) is 32.3 Å². The molecule has 0 aliphatic heterocycles. The van der Waals surface area contributed by atoms with Gasteiger partial charge >= 0.3 is 13.8 Å². The van der Waals surface area contributed by atoms with Crippen LogP contribution < -0.4 is 5.73 Å². The average molecular weight is 700 g/mol. The van der Waals surface area contributed by atoms with Crippen LogP contribution in [0.25, 0.3) is 0 Å². The summed E-state index contributed by atoms with van der Waals surface area (Å²) < 4.78 is 33.3. The Morgan fingerprint density at radius 3 is 1.69 bits per heavy atom. The molecule has 0 bridgehead atoms. The van der Waals surface area contributed by atoms with Crippen LogP contribution in [0, 0.1) is 0 Å². The van der Waals surface area contributed by atoms with Crippen molar-refractivity contribution in [2.75, 3.05) is 33.0 Å². The molecule has 9 heteroatoms. The lowest BCUT2D eigenvalue weighted by molar-refractivity contribution is -0.154. The van der Waals surface area contributed by atoms with Crippen LogP contribution in [0.4, 0.5) is 0 Å². The minimum atomic E-state index is -4.27. The second-order valence-electron chi connectivity index (χ2n) is 12.8. The Labute approximate surface area is 295 Å². The van der Waals surface area contributed by atoms with E-state index in [1.165, 1.54) is 83.5 Å². The summed E-state index contributed by atoms with van der Waals surface area (Å²) in [4.78, 5) is 22.4. The lowest BCUT2D eigenvalue weighted by Crippen LogP contribution is -2.28. The van der Waals surface area contributed by atoms with Gasteiger partial charge in [0.2, 0.25) is 0 Å². The van der Waals surface area contributed by atoms with Gasteiger partial charge in [0, 0.05) is 19.6 Å². The summed E-state index contributed by atoms with van der Waals surface area (Å²) in [6.45, 7) is 4.84. The first kappa shape index (κ1) is 46.7. The van der Waals surface area contributed by atoms with Gasteiger partial charge in [0.1, 0.15) is 6.10 Å². The van der Waals surface area contributed by atoms with Gasteiger partial charge in [-0.2, -0.15) is 0 Å². The molecule has 0 aromatic rings. The summed E-state index contributed by atoms with van der Waals surface area (Å²) in [5.74, 6) is -0.345. The molecule has 3 N–H and O–H groups in total. The molecule has 2 unspecified atom stereocenters. The van der Waals surface area contributed by atoms with Crippen molar-refractivity contribution >= 4 is 13.8 Å². The molecular formula is C39H74NO7P. The van der Waals surface area contributed by atoms with E-state index in [0.717, 1.165) is 64.2 Å². The molecule has 0 radical (unpaired) electrons. The van der Waals surface area contributed by atoms with E-state index < -0.39 is 13.9 Å². The fraction of sp³-hybridized carbons (Fsp3) is 0.821. The van der Waals surface area contributed by atoms with Crippen molar-refractivity contribution in [1.29, 1.82) is 0 Å². The summed E-state index contributed by atoms with van der Waals surface area (Å²) in [5, 5.41) is 0. The maximum absolute atomic E-state index is 12.5. The third-order valence-electron chi connectivity index (χ3n) is 8.03. The third kappa shape index (κ3) is 36.0. The molecule has 0 heterocycles. The molecule has 0 amide bonds. The Morgan fingerprint density at radius 2 is 1.10 bits per heavy atom. The number of carbonyl (C=O) groups excluding carboxylic acids is 1. The number of phosphoric ester groups is 1. The Bertz CT molecular complexity index is 833. The third-order valence-corrected chi connectivity index (χ3v) is 9.01. The number of hydrogen-bond donors (Lipinski definition) is 2. The fourth-order valence-electron chi connectivity index (χ4n) is 5.14. The van der Waals surface area contributed by atoms with Gasteiger partial charge in [-0.1, -0.05) is 127 Å². The molecule has 0 spiro atoms. The largest absolute Gasteiger partial charge is 0.472 e. The van der Waals surface area contributed by atoms with Crippen LogP contribution in [0.5, 0.6) is 0 Å². The topological polar surface area (TPSA) is 117 Å². The second-order valence-corrected chi connectivity index (χ2v) is 14.2. The van der Waals surface area contributed by atoms with E-state index in [4.69, 9.17) is 24.3 Å². The SMILES string of the molecule is CCCCC/C=C\C/C=C\CCCCCCCCOCC(COP(=O)(O)OCCN)OC(=O)CCCCCCC/C=C\CCCCCC. The highest BCUT2D eigenvalue weighted by atomic mass is 31.2. The summed E-state index contributed by atoms with van der Waals surface area (Å²) in [7, 11) is -4.27. The number of unbranched alkanes of at least 4 members (excludes halogenated alkanes) is 18. The monoisotopic (exact) mass is 700 g/mol. The molecular weight excluding hydrogens is 625 g/mol. The van der Waals surface area contributed by atoms with E-state index >= 15 is 0 Å². The first-order valence-electron chi connectivity index (χ1n) is 19.5. The first-order valence-corrected chi connectivity index (χ1v) is 21.0. The van der Waals surface area contributed by atoms with Gasteiger partial charge in [-0.15, -0.1) is 0 Å². The van der Waals surface area contributed by atoms with Crippen molar-refractivity contribution in [2.45, 2.75) is 174 Å². The Balaban J connectivity index is 4.11. The summed E-state index contributed by atoms with van der Waals surface area (Å²) >= 11 is 0. The van der Waals surface area contributed by atoms with E-state index in [0.29, 0.717) is 13.0 Å². The smallest absolute Gasteiger partial charge is 0.457 e. The van der Waals surface area contributed by atoms with Gasteiger partial charge in [0.05, 0.1) is 19.8 Å². The van der Waals surface area contributed by atoms with Gasteiger partial charge in [-0.05, 0) is 70.6 Å². The zero-order chi connectivity index (χ0) is 35.2. The van der Waals surface area contributed by atoms with Crippen LogP contribution in [-0.2, 0) is 27.9 Å². The summed E-state index contributed by atoms with van der Waals surface area (Å²) in [5.41, 5.74) is 5.35. The highest BCUT2D eigenvalue weighted by molar-refractivity contribution is 7.47. The van der Waals surface area contributed by atoms with E-state index in [2.05, 4.69) is 50.3 Å². The van der Waals surface area contributed by atoms with Crippen molar-refractivity contribution in [3.63, 3.8) is 0 Å². The zero-order valence-corrected chi connectivity index (χ0v) is 31.9. The molecule has 48 heavy (non-hydrogen) atoms. The molecule has 0 aliphatic carbocycles. The van der Waals surface area contributed by atoms with E-state index in [1.54, 1.807) is 0 Å². The number of phosphoric acid groups is 1. The maximum Gasteiger partial charge on any atom is 0.472 e. The second kappa shape index (κ2) is 37.0. The Kier molecular flexibility index (Phi) is 36.0. The lowest BCUT2D eigenvalue weighted by Gasteiger charge is -2.20. The Hall–Kier alpha value is -1.28. The number of allylic oxidation sites excluding steroid dienone is 6. The standard InChI is InChI=1S/C39H74NO7P/c1-3-5-7-9-11-13-15-17-18-19-21-23-25-27-29-31-34-44-36-38(37-46-48(42,43)45-35-33-40)47-39(41)32-30-28-26-24-22-20-16-14-12-10-8-6-4-2/h11,13-14,16-18,38H,3-10,12,15,19-37,40H2,1-2H3,(H,42,43)/b13-11-,16-14-,18-17-. The highest BCUT2D eigenvalue weighted by Crippen LogP contribution is 2.43. The molecule has 8 nitrogen and oxygen atoms in total. The highest BCUT2D eigenvalue weighted by Gasteiger charge is 2.25. The number of carbonyl (C=O) groups is 1. The van der Waals surface area contributed by atoms with Crippen LogP contribution in [0.2, 0.25) is 0 Å². The first-order chi connectivity index (χ1) is 23.4. The maximum atomic E-state index is 12.5. The summed E-state index contributed by atoms with van der Waals surface area (Å²) in [6, 6.07) is 0. The van der Waals surface area contributed by atoms with Crippen LogP contribution in [0.3, 0.4) is 0 Å². The molecule has 0 aromatic heterocycles. The molecule has 0 rings (SSSR count). The van der Waals surface area contributed by atoms with Crippen LogP contribution in [0.1, 0.15) is 168 Å². The minimum Gasteiger partial charge on any atom is -0.457 e. The number of hydrogen-bond acceptors (Lipinski definition) is 7. The number of esters is 1. The fourth-order valence-corrected chi connectivity index (χ4v) is 5.90. The molecule has 0 aromatic carbocycles. The van der Waals surface area contributed by atoms with Crippen LogP contribution in [-0.4, -0.2) is 49.9 Å². The summed E-state index contributed by atoms with van der Waals surface area (Å²) in [6.07, 6.45) is 40.1. The lowest BCUT2D eigenvalue weighted by atomic mass is 10.1. The van der Waals surface area contributed by atoms with E-state index in [9.17, 15) is 14.3 Å². The van der Waals surface area contributed by atoms with Gasteiger partial charge in [0.25, 0.3) is 0 Å². The van der Waals surface area contributed by atoms with Gasteiger partial charge in [-0.25, -0.2) is 4.57 Å². The molecule has 2 atom stereocenters. The normalized spacial score (nSPS) is 14.0. The number of rotatable bonds is 37. The quantitative estimate of drug-likeness (QED) is 0.0285. The average Bonchev–Trinajstić information content (AvgIpc) is 3.07. The van der Waals surface area contributed by atoms with Crippen molar-refractivity contribution in [2.24, 2.45) is 5.73 Å². The van der Waals surface area contributed by atoms with Crippen LogP contribution >= 0.6 is 7.82 Å². The number of nitrogens with two attached hydrogens (primary N) is 1. The molecule has 0 fully saturated rings. The van der Waals surface area contributed by atoms with Crippen molar-refractivity contribution < 1.29 is 32.8 Å². The Morgan fingerprint density at radius 1 is 0.625 bits per heavy atom. The minimum absolute atomic E-state index is 0.0967. The molecule has 282 valence electrons. The zero-order valence-electron chi connectivity index (χ0n) is 31.0. The predicted molar refractivity (Wildman–Crippen MR) is 201 cm³/mol. The molecule has 0 aliphatic rings. The van der Waals surface area contributed by atoms with Crippen LogP contribution in [0.15, 0.2) is 36.5 Å². The van der Waals surface area contributed by atoms with Crippen molar-refractivity contribution in [1.82, 2.24) is 0 Å². The van der Waals surface area contributed by atoms with Crippen molar-refractivity contribution in [3.05, 3.63) is 36.5 Å². The van der Waals surface area contributed by atoms with Crippen molar-refractivity contribution in [3.8, 4) is 0 Å². The van der Waals surface area contributed by atoms with E-state index in [1.807, 2.05) is 0 Å². The molecule has 0 saturated heterocycles.